The van der Waals surface area contributed by atoms with Crippen LogP contribution in [0.3, 0.4) is 0 Å². The van der Waals surface area contributed by atoms with E-state index in [1.807, 2.05) is 49.3 Å². The molecule has 0 heterocycles. The predicted octanol–water partition coefficient (Wildman–Crippen LogP) is 2.34. The van der Waals surface area contributed by atoms with Crippen molar-refractivity contribution < 1.29 is 4.79 Å². The van der Waals surface area contributed by atoms with Gasteiger partial charge in [-0.15, -0.1) is 0 Å². The number of benzene rings is 1. The van der Waals surface area contributed by atoms with Crippen molar-refractivity contribution in [2.45, 2.75) is 24.8 Å². The second-order valence-corrected chi connectivity index (χ2v) is 5.12. The van der Waals surface area contributed by atoms with Crippen molar-refractivity contribution >= 4 is 5.78 Å². The molecular weight excluding hydrogens is 224 g/mol. The number of nitrogens with zero attached hydrogens (tertiary/aromatic N) is 2. The molecule has 0 N–H and O–H groups in total. The van der Waals surface area contributed by atoms with Crippen LogP contribution in [-0.4, -0.2) is 24.8 Å². The Balaban J connectivity index is 2.48. The van der Waals surface area contributed by atoms with Gasteiger partial charge in [-0.05, 0) is 26.1 Å². The van der Waals surface area contributed by atoms with E-state index in [0.29, 0.717) is 12.8 Å². The van der Waals surface area contributed by atoms with Gasteiger partial charge in [0.1, 0.15) is 11.3 Å². The Hall–Kier alpha value is -1.66. The maximum Gasteiger partial charge on any atom is 0.137 e. The lowest BCUT2D eigenvalue weighted by Gasteiger charge is -2.38. The number of hydrogen-bond donors (Lipinski definition) is 0. The summed E-state index contributed by atoms with van der Waals surface area (Å²) in [4.78, 5) is 13.5. The van der Waals surface area contributed by atoms with Crippen LogP contribution in [0.15, 0.2) is 30.3 Å². The van der Waals surface area contributed by atoms with Gasteiger partial charge in [-0.2, -0.15) is 5.26 Å². The van der Waals surface area contributed by atoms with Crippen LogP contribution in [0.5, 0.6) is 0 Å². The lowest BCUT2D eigenvalue weighted by atomic mass is 9.77. The average molecular weight is 242 g/mol. The van der Waals surface area contributed by atoms with Gasteiger partial charge < -0.3 is 0 Å². The zero-order valence-corrected chi connectivity index (χ0v) is 10.9. The Morgan fingerprint density at radius 2 is 2.00 bits per heavy atom. The first-order valence-electron chi connectivity index (χ1n) is 6.27. The fourth-order valence-corrected chi connectivity index (χ4v) is 2.98. The largest absolute Gasteiger partial charge is 0.300 e. The number of carbonyl (C=O) groups excluding carboxylic acids is 1. The molecule has 0 aromatic heterocycles. The van der Waals surface area contributed by atoms with Gasteiger partial charge in [0.15, 0.2) is 0 Å². The van der Waals surface area contributed by atoms with Crippen molar-refractivity contribution in [3.8, 4) is 6.07 Å². The third-order valence-electron chi connectivity index (χ3n) is 3.93. The predicted molar refractivity (Wildman–Crippen MR) is 69.8 cm³/mol. The standard InChI is InChI=1S/C15H18N2O/c1-17(2)15(11-16,12-6-4-3-5-7-12)13-8-9-14(18)10-13/h3-7,13H,8-10H2,1-2H3. The first-order chi connectivity index (χ1) is 8.61. The quantitative estimate of drug-likeness (QED) is 0.817. The highest BCUT2D eigenvalue weighted by Gasteiger charge is 2.46. The molecular formula is C15H18N2O. The Morgan fingerprint density at radius 1 is 1.33 bits per heavy atom. The molecule has 2 atom stereocenters. The highest BCUT2D eigenvalue weighted by molar-refractivity contribution is 5.81. The number of Topliss-reactive ketones (excluding diaryl/α,β-unsaturated/α-hetero) is 1. The molecule has 94 valence electrons. The zero-order valence-electron chi connectivity index (χ0n) is 10.9. The van der Waals surface area contributed by atoms with Crippen molar-refractivity contribution in [1.82, 2.24) is 4.90 Å². The van der Waals surface area contributed by atoms with Gasteiger partial charge in [0, 0.05) is 18.8 Å². The summed E-state index contributed by atoms with van der Waals surface area (Å²) < 4.78 is 0. The summed E-state index contributed by atoms with van der Waals surface area (Å²) in [6.45, 7) is 0. The summed E-state index contributed by atoms with van der Waals surface area (Å²) in [5, 5.41) is 9.74. The molecule has 2 unspecified atom stereocenters. The van der Waals surface area contributed by atoms with Gasteiger partial charge in [0.05, 0.1) is 6.07 Å². The first kappa shape index (κ1) is 12.8. The van der Waals surface area contributed by atoms with Gasteiger partial charge in [-0.1, -0.05) is 30.3 Å². The Labute approximate surface area is 108 Å². The molecule has 1 fully saturated rings. The minimum atomic E-state index is -0.687. The van der Waals surface area contributed by atoms with Gasteiger partial charge in [0.25, 0.3) is 0 Å². The third-order valence-corrected chi connectivity index (χ3v) is 3.93. The second-order valence-electron chi connectivity index (χ2n) is 5.12. The fourth-order valence-electron chi connectivity index (χ4n) is 2.98. The van der Waals surface area contributed by atoms with Crippen molar-refractivity contribution in [2.75, 3.05) is 14.1 Å². The molecule has 3 heteroatoms. The zero-order chi connectivity index (χ0) is 13.2. The van der Waals surface area contributed by atoms with E-state index in [4.69, 9.17) is 0 Å². The SMILES string of the molecule is CN(C)C(C#N)(c1ccccc1)C1CCC(=O)C1. The van der Waals surface area contributed by atoms with Crippen LogP contribution < -0.4 is 0 Å². The van der Waals surface area contributed by atoms with Crippen molar-refractivity contribution in [3.05, 3.63) is 35.9 Å². The monoisotopic (exact) mass is 242 g/mol. The number of ketones is 1. The Morgan fingerprint density at radius 3 is 2.44 bits per heavy atom. The van der Waals surface area contributed by atoms with E-state index in [1.165, 1.54) is 0 Å². The number of nitriles is 1. The van der Waals surface area contributed by atoms with E-state index in [-0.39, 0.29) is 11.7 Å². The molecule has 0 saturated heterocycles. The van der Waals surface area contributed by atoms with E-state index < -0.39 is 5.54 Å². The minimum absolute atomic E-state index is 0.0902. The van der Waals surface area contributed by atoms with Crippen molar-refractivity contribution in [2.24, 2.45) is 5.92 Å². The molecule has 0 bridgehead atoms. The van der Waals surface area contributed by atoms with Gasteiger partial charge >= 0.3 is 0 Å². The van der Waals surface area contributed by atoms with Crippen LogP contribution in [-0.2, 0) is 10.3 Å². The molecule has 0 amide bonds. The van der Waals surface area contributed by atoms with E-state index >= 15 is 0 Å². The molecule has 1 aromatic carbocycles. The van der Waals surface area contributed by atoms with E-state index in [9.17, 15) is 10.1 Å². The van der Waals surface area contributed by atoms with Crippen molar-refractivity contribution in [3.63, 3.8) is 0 Å². The van der Waals surface area contributed by atoms with Crippen LogP contribution in [0.2, 0.25) is 0 Å². The number of carbonyl (C=O) groups is 1. The molecule has 1 aromatic rings. The molecule has 1 saturated carbocycles. The lowest BCUT2D eigenvalue weighted by Crippen LogP contribution is -2.46. The average Bonchev–Trinajstić information content (AvgIpc) is 2.79. The summed E-state index contributed by atoms with van der Waals surface area (Å²) in [5.41, 5.74) is 0.296. The summed E-state index contributed by atoms with van der Waals surface area (Å²) in [5.74, 6) is 0.366. The maximum atomic E-state index is 11.5. The maximum absolute atomic E-state index is 11.5. The van der Waals surface area contributed by atoms with E-state index in [0.717, 1.165) is 12.0 Å². The van der Waals surface area contributed by atoms with E-state index in [1.54, 1.807) is 0 Å². The van der Waals surface area contributed by atoms with Crippen LogP contribution in [0.25, 0.3) is 0 Å². The minimum Gasteiger partial charge on any atom is -0.300 e. The van der Waals surface area contributed by atoms with Crippen LogP contribution in [0.1, 0.15) is 24.8 Å². The molecule has 0 radical (unpaired) electrons. The third kappa shape index (κ3) is 1.93. The molecule has 3 nitrogen and oxygen atoms in total. The molecule has 1 aliphatic carbocycles. The van der Waals surface area contributed by atoms with Gasteiger partial charge in [-0.3, -0.25) is 9.69 Å². The molecule has 0 spiro atoms. The second kappa shape index (κ2) is 4.91. The highest BCUT2D eigenvalue weighted by atomic mass is 16.1. The Bertz CT molecular complexity index is 475. The summed E-state index contributed by atoms with van der Waals surface area (Å²) in [6, 6.07) is 12.3. The van der Waals surface area contributed by atoms with Gasteiger partial charge in [-0.25, -0.2) is 0 Å². The molecule has 0 aliphatic heterocycles. The summed E-state index contributed by atoms with van der Waals surface area (Å²) in [6.07, 6.45) is 1.93. The van der Waals surface area contributed by atoms with Crippen molar-refractivity contribution in [1.29, 1.82) is 5.26 Å². The number of rotatable bonds is 3. The summed E-state index contributed by atoms with van der Waals surface area (Å²) in [7, 11) is 3.83. The van der Waals surface area contributed by atoms with Crippen LogP contribution in [0, 0.1) is 17.2 Å². The molecule has 1 aliphatic rings. The lowest BCUT2D eigenvalue weighted by molar-refractivity contribution is -0.117. The smallest absolute Gasteiger partial charge is 0.137 e. The number of hydrogen-bond acceptors (Lipinski definition) is 3. The topological polar surface area (TPSA) is 44.1 Å². The van der Waals surface area contributed by atoms with Crippen LogP contribution in [0.4, 0.5) is 0 Å². The molecule has 2 rings (SSSR count). The fraction of sp³-hybridized carbons (Fsp3) is 0.467. The van der Waals surface area contributed by atoms with Crippen LogP contribution >= 0.6 is 0 Å². The highest BCUT2D eigenvalue weighted by Crippen LogP contribution is 2.42. The van der Waals surface area contributed by atoms with Gasteiger partial charge in [0.2, 0.25) is 0 Å². The first-order valence-corrected chi connectivity index (χ1v) is 6.27. The Kier molecular flexibility index (Phi) is 3.49. The van der Waals surface area contributed by atoms with E-state index in [2.05, 4.69) is 6.07 Å². The summed E-state index contributed by atoms with van der Waals surface area (Å²) >= 11 is 0. The molecule has 18 heavy (non-hydrogen) atoms. The normalized spacial score (nSPS) is 22.8.